The SMILES string of the molecule is CNC(=O)c1ccc(/C=C/C(=O)N(C)CC(=O)Nc2c(C)cc(C)cc2C)cc1. The van der Waals surface area contributed by atoms with Gasteiger partial charge in [0.1, 0.15) is 0 Å². The molecule has 0 saturated heterocycles. The fraction of sp³-hybridized carbons (Fsp3) is 0.261. The average Bonchev–Trinajstić information content (AvgIpc) is 2.68. The van der Waals surface area contributed by atoms with Crippen molar-refractivity contribution in [3.8, 4) is 0 Å². The fourth-order valence-electron chi connectivity index (χ4n) is 3.03. The predicted molar refractivity (Wildman–Crippen MR) is 116 cm³/mol. The van der Waals surface area contributed by atoms with Gasteiger partial charge in [-0.2, -0.15) is 0 Å². The summed E-state index contributed by atoms with van der Waals surface area (Å²) >= 11 is 0. The smallest absolute Gasteiger partial charge is 0.251 e. The first-order valence-corrected chi connectivity index (χ1v) is 9.34. The van der Waals surface area contributed by atoms with Crippen LogP contribution in [0.5, 0.6) is 0 Å². The van der Waals surface area contributed by atoms with Crippen molar-refractivity contribution in [1.29, 1.82) is 0 Å². The summed E-state index contributed by atoms with van der Waals surface area (Å²) in [4.78, 5) is 37.5. The topological polar surface area (TPSA) is 78.5 Å². The zero-order valence-electron chi connectivity index (χ0n) is 17.5. The minimum atomic E-state index is -0.284. The van der Waals surface area contributed by atoms with Gasteiger partial charge in [0.05, 0.1) is 6.54 Å². The van der Waals surface area contributed by atoms with Crippen molar-refractivity contribution in [2.45, 2.75) is 20.8 Å². The maximum atomic E-state index is 12.4. The Labute approximate surface area is 171 Å². The molecule has 0 fully saturated rings. The first kappa shape index (κ1) is 21.9. The van der Waals surface area contributed by atoms with Crippen LogP contribution < -0.4 is 10.6 Å². The van der Waals surface area contributed by atoms with Crippen LogP contribution in [0, 0.1) is 20.8 Å². The monoisotopic (exact) mass is 393 g/mol. The van der Waals surface area contributed by atoms with Crippen molar-refractivity contribution in [2.24, 2.45) is 0 Å². The molecule has 0 aliphatic carbocycles. The molecule has 0 aliphatic heterocycles. The number of hydrogen-bond donors (Lipinski definition) is 2. The Kier molecular flexibility index (Phi) is 7.31. The molecule has 6 nitrogen and oxygen atoms in total. The zero-order chi connectivity index (χ0) is 21.6. The lowest BCUT2D eigenvalue weighted by molar-refractivity contribution is -0.129. The van der Waals surface area contributed by atoms with Gasteiger partial charge in [-0.25, -0.2) is 0 Å². The van der Waals surface area contributed by atoms with Crippen LogP contribution in [0.1, 0.15) is 32.6 Å². The van der Waals surface area contributed by atoms with Gasteiger partial charge >= 0.3 is 0 Å². The number of benzene rings is 2. The molecule has 0 saturated carbocycles. The maximum Gasteiger partial charge on any atom is 0.251 e. The lowest BCUT2D eigenvalue weighted by Gasteiger charge is -2.17. The van der Waals surface area contributed by atoms with Gasteiger partial charge in [-0.15, -0.1) is 0 Å². The minimum Gasteiger partial charge on any atom is -0.355 e. The fourth-order valence-corrected chi connectivity index (χ4v) is 3.03. The van der Waals surface area contributed by atoms with Crippen LogP contribution >= 0.6 is 0 Å². The Morgan fingerprint density at radius 1 is 1.00 bits per heavy atom. The summed E-state index contributed by atoms with van der Waals surface area (Å²) in [6, 6.07) is 10.9. The molecule has 6 heteroatoms. The van der Waals surface area contributed by atoms with E-state index in [1.807, 2.05) is 32.9 Å². The number of likely N-dealkylation sites (N-methyl/N-ethyl adjacent to an activating group) is 1. The van der Waals surface area contributed by atoms with Crippen molar-refractivity contribution >= 4 is 29.5 Å². The summed E-state index contributed by atoms with van der Waals surface area (Å²) in [5.41, 5.74) is 5.24. The predicted octanol–water partition coefficient (Wildman–Crippen LogP) is 3.08. The highest BCUT2D eigenvalue weighted by Gasteiger charge is 2.13. The van der Waals surface area contributed by atoms with Crippen molar-refractivity contribution in [2.75, 3.05) is 26.0 Å². The molecule has 0 spiro atoms. The lowest BCUT2D eigenvalue weighted by Crippen LogP contribution is -2.34. The van der Waals surface area contributed by atoms with Gasteiger partial charge in [-0.05, 0) is 55.7 Å². The number of aryl methyl sites for hydroxylation is 3. The first-order chi connectivity index (χ1) is 13.7. The third-order valence-corrected chi connectivity index (χ3v) is 4.52. The van der Waals surface area contributed by atoms with E-state index in [0.29, 0.717) is 5.56 Å². The maximum absolute atomic E-state index is 12.4. The van der Waals surface area contributed by atoms with E-state index in [-0.39, 0.29) is 24.3 Å². The Balaban J connectivity index is 1.95. The van der Waals surface area contributed by atoms with Gasteiger partial charge in [-0.3, -0.25) is 14.4 Å². The second kappa shape index (κ2) is 9.68. The highest BCUT2D eigenvalue weighted by molar-refractivity contribution is 5.99. The van der Waals surface area contributed by atoms with Crippen LogP contribution in [0.4, 0.5) is 5.69 Å². The van der Waals surface area contributed by atoms with E-state index in [9.17, 15) is 14.4 Å². The second-order valence-electron chi connectivity index (χ2n) is 7.05. The van der Waals surface area contributed by atoms with Crippen molar-refractivity contribution < 1.29 is 14.4 Å². The van der Waals surface area contributed by atoms with E-state index in [1.54, 1.807) is 44.4 Å². The van der Waals surface area contributed by atoms with E-state index in [1.165, 1.54) is 11.0 Å². The van der Waals surface area contributed by atoms with Crippen LogP contribution in [-0.2, 0) is 9.59 Å². The molecule has 0 aromatic heterocycles. The molecule has 0 heterocycles. The molecular formula is C23H27N3O3. The van der Waals surface area contributed by atoms with E-state index in [0.717, 1.165) is 27.9 Å². The molecule has 0 aliphatic rings. The van der Waals surface area contributed by atoms with E-state index < -0.39 is 0 Å². The summed E-state index contributed by atoms with van der Waals surface area (Å²) in [5, 5.41) is 5.45. The van der Waals surface area contributed by atoms with Gasteiger partial charge in [0.25, 0.3) is 5.91 Å². The van der Waals surface area contributed by atoms with Gasteiger partial charge in [-0.1, -0.05) is 29.8 Å². The molecule has 2 aromatic carbocycles. The van der Waals surface area contributed by atoms with Crippen molar-refractivity contribution in [1.82, 2.24) is 10.2 Å². The molecule has 2 rings (SSSR count). The third kappa shape index (κ3) is 6.04. The summed E-state index contributed by atoms with van der Waals surface area (Å²) in [6.07, 6.45) is 3.06. The number of rotatable bonds is 6. The number of nitrogens with one attached hydrogen (secondary N) is 2. The lowest BCUT2D eigenvalue weighted by atomic mass is 10.1. The van der Waals surface area contributed by atoms with Gasteiger partial charge in [0, 0.05) is 31.4 Å². The summed E-state index contributed by atoms with van der Waals surface area (Å²) in [5.74, 6) is -0.700. The number of nitrogens with zero attached hydrogens (tertiary/aromatic N) is 1. The Morgan fingerprint density at radius 3 is 2.14 bits per heavy atom. The van der Waals surface area contributed by atoms with Crippen LogP contribution in [0.15, 0.2) is 42.5 Å². The molecular weight excluding hydrogens is 366 g/mol. The Bertz CT molecular complexity index is 923. The first-order valence-electron chi connectivity index (χ1n) is 9.34. The van der Waals surface area contributed by atoms with E-state index >= 15 is 0 Å². The van der Waals surface area contributed by atoms with Crippen molar-refractivity contribution in [3.05, 3.63) is 70.3 Å². The summed E-state index contributed by atoms with van der Waals surface area (Å²) < 4.78 is 0. The van der Waals surface area contributed by atoms with Gasteiger partial charge in [0.15, 0.2) is 0 Å². The Morgan fingerprint density at radius 2 is 1.59 bits per heavy atom. The average molecular weight is 393 g/mol. The Hall–Kier alpha value is -3.41. The standard InChI is InChI=1S/C23H27N3O3/c1-15-12-16(2)22(17(3)13-15)25-20(27)14-26(5)21(28)11-8-18-6-9-19(10-7-18)23(29)24-4/h6-13H,14H2,1-5H3,(H,24,29)(H,25,27)/b11-8+. The normalized spacial score (nSPS) is 10.7. The zero-order valence-corrected chi connectivity index (χ0v) is 17.5. The minimum absolute atomic E-state index is 0.0501. The molecule has 3 amide bonds. The molecule has 2 N–H and O–H groups in total. The molecule has 29 heavy (non-hydrogen) atoms. The van der Waals surface area contributed by atoms with Crippen LogP contribution in [0.2, 0.25) is 0 Å². The second-order valence-corrected chi connectivity index (χ2v) is 7.05. The third-order valence-electron chi connectivity index (χ3n) is 4.52. The number of anilines is 1. The molecule has 0 atom stereocenters. The van der Waals surface area contributed by atoms with E-state index in [2.05, 4.69) is 10.6 Å². The molecule has 0 unspecified atom stereocenters. The van der Waals surface area contributed by atoms with E-state index in [4.69, 9.17) is 0 Å². The molecule has 0 bridgehead atoms. The van der Waals surface area contributed by atoms with Gasteiger partial charge in [0.2, 0.25) is 11.8 Å². The number of carbonyl (C=O) groups is 3. The highest BCUT2D eigenvalue weighted by Crippen LogP contribution is 2.21. The molecule has 0 radical (unpaired) electrons. The highest BCUT2D eigenvalue weighted by atomic mass is 16.2. The van der Waals surface area contributed by atoms with Crippen LogP contribution in [-0.4, -0.2) is 43.3 Å². The number of carbonyl (C=O) groups excluding carboxylic acids is 3. The van der Waals surface area contributed by atoms with Crippen LogP contribution in [0.25, 0.3) is 6.08 Å². The summed E-state index contributed by atoms with van der Waals surface area (Å²) in [6.45, 7) is 5.85. The van der Waals surface area contributed by atoms with Gasteiger partial charge < -0.3 is 15.5 Å². The molecule has 152 valence electrons. The number of amides is 3. The largest absolute Gasteiger partial charge is 0.355 e. The van der Waals surface area contributed by atoms with Crippen molar-refractivity contribution in [3.63, 3.8) is 0 Å². The van der Waals surface area contributed by atoms with Crippen LogP contribution in [0.3, 0.4) is 0 Å². The number of hydrogen-bond acceptors (Lipinski definition) is 3. The quantitative estimate of drug-likeness (QED) is 0.741. The summed E-state index contributed by atoms with van der Waals surface area (Å²) in [7, 11) is 3.15. The molecule has 2 aromatic rings.